The molecule has 1 amide bonds. The number of hydrogen-bond donors (Lipinski definition) is 2. The zero-order valence-corrected chi connectivity index (χ0v) is 14.8. The van der Waals surface area contributed by atoms with Gasteiger partial charge in [-0.25, -0.2) is 0 Å². The van der Waals surface area contributed by atoms with E-state index in [-0.39, 0.29) is 5.91 Å². The molecule has 0 spiro atoms. The molecule has 0 unspecified atom stereocenters. The maximum Gasteiger partial charge on any atom is 0.251 e. The van der Waals surface area contributed by atoms with Gasteiger partial charge in [-0.2, -0.15) is 0 Å². The first-order chi connectivity index (χ1) is 12.1. The number of nitrogens with one attached hydrogen (secondary N) is 2. The summed E-state index contributed by atoms with van der Waals surface area (Å²) in [5, 5.41) is 6.28. The molecule has 2 aromatic rings. The topological polar surface area (TPSA) is 53.6 Å². The summed E-state index contributed by atoms with van der Waals surface area (Å²) in [6.45, 7) is 3.85. The molecule has 1 heterocycles. The minimum absolute atomic E-state index is 0.0343. The number of nitrogens with zero attached hydrogens (tertiary/aromatic N) is 1. The van der Waals surface area contributed by atoms with Crippen LogP contribution in [0.15, 0.2) is 42.5 Å². The summed E-state index contributed by atoms with van der Waals surface area (Å²) in [5.41, 5.74) is 4.07. The second-order valence-corrected chi connectivity index (χ2v) is 6.48. The first kappa shape index (κ1) is 17.5. The Morgan fingerprint density at radius 2 is 1.92 bits per heavy atom. The van der Waals surface area contributed by atoms with Crippen LogP contribution in [0.2, 0.25) is 0 Å². The molecule has 2 N–H and O–H groups in total. The summed E-state index contributed by atoms with van der Waals surface area (Å²) in [6, 6.07) is 14.0. The molecule has 2 aromatic carbocycles. The minimum Gasteiger partial charge on any atom is -0.492 e. The van der Waals surface area contributed by atoms with E-state index in [2.05, 4.69) is 22.8 Å². The highest BCUT2D eigenvalue weighted by Crippen LogP contribution is 2.27. The summed E-state index contributed by atoms with van der Waals surface area (Å²) >= 11 is 0. The average molecular weight is 339 g/mol. The smallest absolute Gasteiger partial charge is 0.251 e. The van der Waals surface area contributed by atoms with Crippen LogP contribution in [0, 0.1) is 0 Å². The predicted molar refractivity (Wildman–Crippen MR) is 100.0 cm³/mol. The molecule has 0 saturated heterocycles. The molecular weight excluding hydrogens is 314 g/mol. The maximum atomic E-state index is 12.1. The molecule has 0 saturated carbocycles. The Balaban J connectivity index is 1.70. The zero-order chi connectivity index (χ0) is 17.6. The molecule has 0 atom stereocenters. The van der Waals surface area contributed by atoms with E-state index in [0.29, 0.717) is 18.7 Å². The number of fused-ring (bicyclic) bond motifs is 1. The first-order valence-electron chi connectivity index (χ1n) is 8.63. The van der Waals surface area contributed by atoms with Gasteiger partial charge in [0.15, 0.2) is 0 Å². The van der Waals surface area contributed by atoms with Crippen LogP contribution in [0.25, 0.3) is 11.1 Å². The standard InChI is InChI=1S/C20H25N3O2/c1-23(2)11-9-22-20(24)16-5-3-15(4-6-16)17-7-8-19-18(13-17)14-21-10-12-25-19/h3-8,13,21H,9-12,14H2,1-2H3,(H,22,24). The molecule has 0 radical (unpaired) electrons. The van der Waals surface area contributed by atoms with E-state index in [0.717, 1.165) is 36.5 Å². The van der Waals surface area contributed by atoms with E-state index in [4.69, 9.17) is 4.74 Å². The van der Waals surface area contributed by atoms with Crippen molar-refractivity contribution in [3.05, 3.63) is 53.6 Å². The SMILES string of the molecule is CN(C)CCNC(=O)c1ccc(-c2ccc3c(c2)CNCCO3)cc1. The lowest BCUT2D eigenvalue weighted by Gasteiger charge is -2.11. The number of carbonyl (C=O) groups is 1. The van der Waals surface area contributed by atoms with Gasteiger partial charge in [-0.1, -0.05) is 18.2 Å². The summed E-state index contributed by atoms with van der Waals surface area (Å²) in [4.78, 5) is 14.2. The fraction of sp³-hybridized carbons (Fsp3) is 0.350. The molecule has 0 aromatic heterocycles. The molecular formula is C20H25N3O2. The van der Waals surface area contributed by atoms with Crippen molar-refractivity contribution >= 4 is 5.91 Å². The molecule has 3 rings (SSSR count). The second kappa shape index (κ2) is 8.14. The largest absolute Gasteiger partial charge is 0.492 e. The fourth-order valence-corrected chi connectivity index (χ4v) is 2.80. The van der Waals surface area contributed by atoms with Crippen molar-refractivity contribution in [1.29, 1.82) is 0 Å². The highest BCUT2D eigenvalue weighted by molar-refractivity contribution is 5.94. The van der Waals surface area contributed by atoms with Gasteiger partial charge in [0.25, 0.3) is 5.91 Å². The number of amides is 1. The summed E-state index contributed by atoms with van der Waals surface area (Å²) in [5.74, 6) is 0.915. The first-order valence-corrected chi connectivity index (χ1v) is 8.63. The molecule has 5 heteroatoms. The van der Waals surface area contributed by atoms with Crippen molar-refractivity contribution in [2.75, 3.05) is 40.3 Å². The Labute approximate surface area is 149 Å². The van der Waals surface area contributed by atoms with Gasteiger partial charge in [0.2, 0.25) is 0 Å². The average Bonchev–Trinajstić information content (AvgIpc) is 2.86. The number of carbonyl (C=O) groups excluding carboxylic acids is 1. The summed E-state index contributed by atoms with van der Waals surface area (Å²) in [7, 11) is 3.98. The molecule has 25 heavy (non-hydrogen) atoms. The lowest BCUT2D eigenvalue weighted by Crippen LogP contribution is -2.31. The Morgan fingerprint density at radius 1 is 1.16 bits per heavy atom. The van der Waals surface area contributed by atoms with E-state index in [1.807, 2.05) is 49.3 Å². The van der Waals surface area contributed by atoms with Gasteiger partial charge in [0.1, 0.15) is 12.4 Å². The monoisotopic (exact) mass is 339 g/mol. The minimum atomic E-state index is -0.0343. The van der Waals surface area contributed by atoms with Gasteiger partial charge in [-0.05, 0) is 49.5 Å². The third-order valence-electron chi connectivity index (χ3n) is 4.24. The second-order valence-electron chi connectivity index (χ2n) is 6.48. The van der Waals surface area contributed by atoms with Crippen LogP contribution >= 0.6 is 0 Å². The van der Waals surface area contributed by atoms with Crippen LogP contribution in [-0.2, 0) is 6.54 Å². The molecule has 1 aliphatic heterocycles. The van der Waals surface area contributed by atoms with Crippen molar-refractivity contribution in [2.45, 2.75) is 6.54 Å². The van der Waals surface area contributed by atoms with E-state index >= 15 is 0 Å². The van der Waals surface area contributed by atoms with Crippen molar-refractivity contribution in [1.82, 2.24) is 15.5 Å². The molecule has 132 valence electrons. The van der Waals surface area contributed by atoms with E-state index in [1.165, 1.54) is 5.56 Å². The molecule has 0 bridgehead atoms. The van der Waals surface area contributed by atoms with Gasteiger partial charge in [0, 0.05) is 37.3 Å². The van der Waals surface area contributed by atoms with Gasteiger partial charge >= 0.3 is 0 Å². The van der Waals surface area contributed by atoms with Crippen molar-refractivity contribution in [3.8, 4) is 16.9 Å². The normalized spacial score (nSPS) is 13.7. The molecule has 1 aliphatic rings. The Hall–Kier alpha value is -2.37. The van der Waals surface area contributed by atoms with E-state index in [1.54, 1.807) is 0 Å². The molecule has 0 aliphatic carbocycles. The summed E-state index contributed by atoms with van der Waals surface area (Å²) < 4.78 is 5.73. The van der Waals surface area contributed by atoms with Crippen LogP contribution in [0.4, 0.5) is 0 Å². The van der Waals surface area contributed by atoms with Crippen LogP contribution in [0.5, 0.6) is 5.75 Å². The van der Waals surface area contributed by atoms with Gasteiger partial charge in [0.05, 0.1) is 0 Å². The van der Waals surface area contributed by atoms with E-state index in [9.17, 15) is 4.79 Å². The molecule has 5 nitrogen and oxygen atoms in total. The maximum absolute atomic E-state index is 12.1. The van der Waals surface area contributed by atoms with Crippen LogP contribution in [-0.4, -0.2) is 51.1 Å². The third-order valence-corrected chi connectivity index (χ3v) is 4.24. The number of ether oxygens (including phenoxy) is 1. The van der Waals surface area contributed by atoms with Gasteiger partial charge in [-0.3, -0.25) is 4.79 Å². The Bertz CT molecular complexity index is 726. The van der Waals surface area contributed by atoms with Gasteiger partial charge in [-0.15, -0.1) is 0 Å². The van der Waals surface area contributed by atoms with Crippen LogP contribution in [0.1, 0.15) is 15.9 Å². The number of rotatable bonds is 5. The lowest BCUT2D eigenvalue weighted by atomic mass is 10.0. The highest BCUT2D eigenvalue weighted by atomic mass is 16.5. The van der Waals surface area contributed by atoms with Crippen molar-refractivity contribution < 1.29 is 9.53 Å². The quantitative estimate of drug-likeness (QED) is 0.876. The lowest BCUT2D eigenvalue weighted by molar-refractivity contribution is 0.0951. The molecule has 0 fully saturated rings. The Kier molecular flexibility index (Phi) is 5.68. The number of likely N-dealkylation sites (N-methyl/N-ethyl adjacent to an activating group) is 1. The third kappa shape index (κ3) is 4.59. The highest BCUT2D eigenvalue weighted by Gasteiger charge is 2.10. The van der Waals surface area contributed by atoms with Crippen molar-refractivity contribution in [2.24, 2.45) is 0 Å². The van der Waals surface area contributed by atoms with Gasteiger partial charge < -0.3 is 20.3 Å². The Morgan fingerprint density at radius 3 is 2.68 bits per heavy atom. The number of hydrogen-bond acceptors (Lipinski definition) is 4. The fourth-order valence-electron chi connectivity index (χ4n) is 2.80. The zero-order valence-electron chi connectivity index (χ0n) is 14.8. The van der Waals surface area contributed by atoms with E-state index < -0.39 is 0 Å². The van der Waals surface area contributed by atoms with Crippen molar-refractivity contribution in [3.63, 3.8) is 0 Å². The van der Waals surface area contributed by atoms with Crippen LogP contribution in [0.3, 0.4) is 0 Å². The predicted octanol–water partition coefficient (Wildman–Crippen LogP) is 2.13. The number of benzene rings is 2. The van der Waals surface area contributed by atoms with Crippen LogP contribution < -0.4 is 15.4 Å². The summed E-state index contributed by atoms with van der Waals surface area (Å²) in [6.07, 6.45) is 0.